The summed E-state index contributed by atoms with van der Waals surface area (Å²) in [7, 11) is 2.16. The van der Waals surface area contributed by atoms with Gasteiger partial charge < -0.3 is 4.98 Å². The molecular formula is C17H19N3. The summed E-state index contributed by atoms with van der Waals surface area (Å²) in [4.78, 5) is 9.82. The van der Waals surface area contributed by atoms with E-state index >= 15 is 0 Å². The van der Waals surface area contributed by atoms with Crippen LogP contribution < -0.4 is 0 Å². The first-order valence-electron chi connectivity index (χ1n) is 6.91. The van der Waals surface area contributed by atoms with E-state index < -0.39 is 0 Å². The van der Waals surface area contributed by atoms with Crippen molar-refractivity contribution in [3.63, 3.8) is 0 Å². The predicted octanol–water partition coefficient (Wildman–Crippen LogP) is 3.76. The summed E-state index contributed by atoms with van der Waals surface area (Å²) in [6.45, 7) is 3.14. The van der Waals surface area contributed by atoms with Gasteiger partial charge in [0.15, 0.2) is 0 Å². The fourth-order valence-electron chi connectivity index (χ4n) is 2.57. The molecule has 0 saturated carbocycles. The van der Waals surface area contributed by atoms with Crippen molar-refractivity contribution in [1.29, 1.82) is 0 Å². The Balaban J connectivity index is 1.82. The van der Waals surface area contributed by atoms with E-state index in [0.717, 1.165) is 6.54 Å². The van der Waals surface area contributed by atoms with Crippen LogP contribution in [0.4, 0.5) is 0 Å². The maximum absolute atomic E-state index is 4.21. The van der Waals surface area contributed by atoms with E-state index in [4.69, 9.17) is 0 Å². The minimum atomic E-state index is 0.345. The van der Waals surface area contributed by atoms with Gasteiger partial charge in [-0.2, -0.15) is 0 Å². The Hall–Kier alpha value is -2.13. The number of fused-ring (bicyclic) bond motifs is 1. The van der Waals surface area contributed by atoms with Crippen LogP contribution in [0.2, 0.25) is 0 Å². The number of aromatic nitrogens is 2. The third kappa shape index (κ3) is 2.45. The summed E-state index contributed by atoms with van der Waals surface area (Å²) in [6.07, 6.45) is 5.76. The molecule has 0 aliphatic carbocycles. The van der Waals surface area contributed by atoms with Crippen LogP contribution in [0.15, 0.2) is 55.0 Å². The highest BCUT2D eigenvalue weighted by Gasteiger charge is 2.13. The number of benzene rings is 1. The minimum absolute atomic E-state index is 0.345. The molecule has 3 heteroatoms. The van der Waals surface area contributed by atoms with Gasteiger partial charge in [-0.3, -0.25) is 9.88 Å². The van der Waals surface area contributed by atoms with Crippen molar-refractivity contribution in [2.75, 3.05) is 7.05 Å². The Morgan fingerprint density at radius 1 is 1.20 bits per heavy atom. The summed E-state index contributed by atoms with van der Waals surface area (Å²) in [5.74, 6) is 0. The Kier molecular flexibility index (Phi) is 3.52. The first-order valence-corrected chi connectivity index (χ1v) is 6.91. The summed E-state index contributed by atoms with van der Waals surface area (Å²) in [5.41, 5.74) is 3.79. The van der Waals surface area contributed by atoms with E-state index in [1.807, 2.05) is 24.7 Å². The third-order valence-corrected chi connectivity index (χ3v) is 3.93. The molecule has 3 rings (SSSR count). The largest absolute Gasteiger partial charge is 0.361 e. The van der Waals surface area contributed by atoms with Crippen molar-refractivity contribution >= 4 is 10.9 Å². The molecule has 0 fully saturated rings. The van der Waals surface area contributed by atoms with Crippen LogP contribution in [0.1, 0.15) is 24.1 Å². The molecule has 3 nitrogen and oxygen atoms in total. The van der Waals surface area contributed by atoms with Crippen molar-refractivity contribution in [2.24, 2.45) is 0 Å². The Labute approximate surface area is 119 Å². The lowest BCUT2D eigenvalue weighted by molar-refractivity contribution is 0.253. The second-order valence-corrected chi connectivity index (χ2v) is 5.23. The van der Waals surface area contributed by atoms with Gasteiger partial charge in [-0.1, -0.05) is 18.2 Å². The number of rotatable bonds is 4. The molecule has 0 saturated heterocycles. The maximum Gasteiger partial charge on any atom is 0.0457 e. The topological polar surface area (TPSA) is 31.9 Å². The highest BCUT2D eigenvalue weighted by Crippen LogP contribution is 2.23. The van der Waals surface area contributed by atoms with Gasteiger partial charge in [0.05, 0.1) is 0 Å². The highest BCUT2D eigenvalue weighted by molar-refractivity contribution is 5.82. The standard InChI is InChI=1S/C17H19N3/c1-13(14-6-4-9-18-11-14)20(2)12-15-5-3-7-17-16(15)8-10-19-17/h3-11,13,19H,12H2,1-2H3/t13-/m0/s1. The molecule has 0 radical (unpaired) electrons. The number of H-pyrrole nitrogens is 1. The Morgan fingerprint density at radius 3 is 2.90 bits per heavy atom. The molecule has 3 aromatic rings. The second-order valence-electron chi connectivity index (χ2n) is 5.23. The molecule has 2 heterocycles. The summed E-state index contributed by atoms with van der Waals surface area (Å²) >= 11 is 0. The van der Waals surface area contributed by atoms with Crippen molar-refractivity contribution < 1.29 is 0 Å². The van der Waals surface area contributed by atoms with Crippen LogP contribution in [-0.2, 0) is 6.54 Å². The van der Waals surface area contributed by atoms with Crippen molar-refractivity contribution in [2.45, 2.75) is 19.5 Å². The fraction of sp³-hybridized carbons (Fsp3) is 0.235. The van der Waals surface area contributed by atoms with Gasteiger partial charge in [0, 0.05) is 42.1 Å². The average molecular weight is 265 g/mol. The summed E-state index contributed by atoms with van der Waals surface area (Å²) in [6, 6.07) is 13.0. The first-order chi connectivity index (χ1) is 9.75. The van der Waals surface area contributed by atoms with Crippen LogP contribution in [0.25, 0.3) is 10.9 Å². The average Bonchev–Trinajstić information content (AvgIpc) is 2.97. The molecule has 102 valence electrons. The molecule has 0 aliphatic heterocycles. The minimum Gasteiger partial charge on any atom is -0.361 e. The van der Waals surface area contributed by atoms with E-state index in [9.17, 15) is 0 Å². The number of nitrogens with one attached hydrogen (secondary N) is 1. The van der Waals surface area contributed by atoms with Crippen LogP contribution in [0.5, 0.6) is 0 Å². The number of nitrogens with zero attached hydrogens (tertiary/aromatic N) is 2. The van der Waals surface area contributed by atoms with Gasteiger partial charge in [0.25, 0.3) is 0 Å². The lowest BCUT2D eigenvalue weighted by atomic mass is 10.1. The van der Waals surface area contributed by atoms with Crippen molar-refractivity contribution in [3.8, 4) is 0 Å². The number of hydrogen-bond donors (Lipinski definition) is 1. The molecule has 20 heavy (non-hydrogen) atoms. The third-order valence-electron chi connectivity index (χ3n) is 3.93. The second kappa shape index (κ2) is 5.47. The number of pyridine rings is 1. The van der Waals surface area contributed by atoms with E-state index in [0.29, 0.717) is 6.04 Å². The van der Waals surface area contributed by atoms with Gasteiger partial charge in [-0.05, 0) is 43.3 Å². The molecule has 0 amide bonds. The van der Waals surface area contributed by atoms with E-state index in [1.165, 1.54) is 22.0 Å². The van der Waals surface area contributed by atoms with E-state index in [1.54, 1.807) is 0 Å². The van der Waals surface area contributed by atoms with Gasteiger partial charge in [-0.15, -0.1) is 0 Å². The quantitative estimate of drug-likeness (QED) is 0.779. The first kappa shape index (κ1) is 12.9. The molecule has 0 unspecified atom stereocenters. The van der Waals surface area contributed by atoms with Gasteiger partial charge in [0.2, 0.25) is 0 Å². The normalized spacial score (nSPS) is 12.9. The maximum atomic E-state index is 4.21. The van der Waals surface area contributed by atoms with Crippen molar-refractivity contribution in [3.05, 3.63) is 66.1 Å². The van der Waals surface area contributed by atoms with Gasteiger partial charge >= 0.3 is 0 Å². The van der Waals surface area contributed by atoms with Crippen LogP contribution >= 0.6 is 0 Å². The van der Waals surface area contributed by atoms with Crippen LogP contribution in [-0.4, -0.2) is 21.9 Å². The van der Waals surface area contributed by atoms with Crippen LogP contribution in [0, 0.1) is 0 Å². The predicted molar refractivity (Wildman–Crippen MR) is 82.4 cm³/mol. The molecule has 1 N–H and O–H groups in total. The smallest absolute Gasteiger partial charge is 0.0457 e. The lowest BCUT2D eigenvalue weighted by Crippen LogP contribution is -2.22. The number of hydrogen-bond acceptors (Lipinski definition) is 2. The van der Waals surface area contributed by atoms with E-state index in [-0.39, 0.29) is 0 Å². The Bertz CT molecular complexity index is 688. The summed E-state index contributed by atoms with van der Waals surface area (Å²) in [5, 5.41) is 1.30. The van der Waals surface area contributed by atoms with Gasteiger partial charge in [0.1, 0.15) is 0 Å². The van der Waals surface area contributed by atoms with Crippen molar-refractivity contribution in [1.82, 2.24) is 14.9 Å². The molecule has 1 atom stereocenters. The molecule has 0 aliphatic rings. The number of aromatic amines is 1. The zero-order valence-electron chi connectivity index (χ0n) is 11.9. The summed E-state index contributed by atoms with van der Waals surface area (Å²) < 4.78 is 0. The van der Waals surface area contributed by atoms with Gasteiger partial charge in [-0.25, -0.2) is 0 Å². The highest BCUT2D eigenvalue weighted by atomic mass is 15.1. The zero-order valence-corrected chi connectivity index (χ0v) is 11.9. The molecular weight excluding hydrogens is 246 g/mol. The Morgan fingerprint density at radius 2 is 2.10 bits per heavy atom. The van der Waals surface area contributed by atoms with E-state index in [2.05, 4.69) is 59.2 Å². The SMILES string of the molecule is C[C@@H](c1cccnc1)N(C)Cc1cccc2[nH]ccc12. The molecule has 1 aromatic carbocycles. The molecule has 2 aromatic heterocycles. The fourth-order valence-corrected chi connectivity index (χ4v) is 2.57. The monoisotopic (exact) mass is 265 g/mol. The van der Waals surface area contributed by atoms with Crippen LogP contribution in [0.3, 0.4) is 0 Å². The lowest BCUT2D eigenvalue weighted by Gasteiger charge is -2.25. The molecule has 0 bridgehead atoms. The zero-order chi connectivity index (χ0) is 13.9. The molecule has 0 spiro atoms.